The molecule has 1 aliphatic heterocycles. The van der Waals surface area contributed by atoms with Gasteiger partial charge >= 0.3 is 0 Å². The van der Waals surface area contributed by atoms with E-state index < -0.39 is 0 Å². The number of benzene rings is 3. The van der Waals surface area contributed by atoms with Crippen LogP contribution >= 0.6 is 0 Å². The maximum Gasteiger partial charge on any atom is 0.130 e. The zero-order valence-corrected chi connectivity index (χ0v) is 18.6. The fourth-order valence-electron chi connectivity index (χ4n) is 4.25. The number of nitriles is 1. The van der Waals surface area contributed by atoms with Gasteiger partial charge in [-0.15, -0.1) is 0 Å². The molecule has 0 aliphatic carbocycles. The third-order valence-electron chi connectivity index (χ3n) is 5.91. The van der Waals surface area contributed by atoms with Crippen LogP contribution in [0.2, 0.25) is 0 Å². The van der Waals surface area contributed by atoms with Crippen LogP contribution in [0.5, 0.6) is 17.2 Å². The van der Waals surface area contributed by atoms with Crippen LogP contribution in [0.1, 0.15) is 29.5 Å². The normalized spacial score (nSPS) is 13.5. The third kappa shape index (κ3) is 4.71. The van der Waals surface area contributed by atoms with Crippen LogP contribution in [-0.2, 0) is 13.2 Å². The van der Waals surface area contributed by atoms with Crippen molar-refractivity contribution in [2.45, 2.75) is 26.0 Å². The Morgan fingerprint density at radius 2 is 1.50 bits per heavy atom. The number of hydrogen-bond acceptors (Lipinski definition) is 5. The molecule has 5 nitrogen and oxygen atoms in total. The summed E-state index contributed by atoms with van der Waals surface area (Å²) in [6, 6.07) is 21.8. The molecule has 0 unspecified atom stereocenters. The number of likely N-dealkylation sites (tertiary alicyclic amines) is 1. The van der Waals surface area contributed by atoms with Gasteiger partial charge in [-0.25, -0.2) is 0 Å². The molecule has 0 aromatic heterocycles. The first-order valence-corrected chi connectivity index (χ1v) is 10.9. The van der Waals surface area contributed by atoms with Gasteiger partial charge in [0.2, 0.25) is 0 Å². The molecule has 0 atom stereocenters. The Morgan fingerprint density at radius 3 is 2.16 bits per heavy atom. The summed E-state index contributed by atoms with van der Waals surface area (Å²) in [5, 5.41) is 9.51. The molecule has 5 heteroatoms. The predicted octanol–water partition coefficient (Wildman–Crippen LogP) is 5.42. The first-order chi connectivity index (χ1) is 15.7. The molecule has 1 saturated heterocycles. The van der Waals surface area contributed by atoms with Crippen molar-refractivity contribution in [2.75, 3.05) is 27.3 Å². The lowest BCUT2D eigenvalue weighted by Gasteiger charge is -2.20. The minimum Gasteiger partial charge on any atom is -0.496 e. The quantitative estimate of drug-likeness (QED) is 0.480. The van der Waals surface area contributed by atoms with Crippen molar-refractivity contribution in [3.8, 4) is 34.4 Å². The van der Waals surface area contributed by atoms with E-state index in [1.165, 1.54) is 12.8 Å². The molecule has 0 bridgehead atoms. The van der Waals surface area contributed by atoms with Crippen LogP contribution in [-0.4, -0.2) is 32.2 Å². The monoisotopic (exact) mass is 428 g/mol. The van der Waals surface area contributed by atoms with E-state index in [1.807, 2.05) is 60.7 Å². The molecule has 3 aromatic carbocycles. The topological polar surface area (TPSA) is 54.7 Å². The fraction of sp³-hybridized carbons (Fsp3) is 0.296. The smallest absolute Gasteiger partial charge is 0.130 e. The molecule has 0 N–H and O–H groups in total. The Kier molecular flexibility index (Phi) is 6.94. The summed E-state index contributed by atoms with van der Waals surface area (Å²) in [5.74, 6) is 2.23. The summed E-state index contributed by atoms with van der Waals surface area (Å²) in [6.07, 6.45) is 2.47. The lowest BCUT2D eigenvalue weighted by atomic mass is 9.96. The number of methoxy groups -OCH3 is 2. The van der Waals surface area contributed by atoms with Gasteiger partial charge in [0, 0.05) is 18.7 Å². The van der Waals surface area contributed by atoms with E-state index in [-0.39, 0.29) is 0 Å². The second-order valence-electron chi connectivity index (χ2n) is 7.89. The highest BCUT2D eigenvalue weighted by atomic mass is 16.5. The highest BCUT2D eigenvalue weighted by molar-refractivity contribution is 5.73. The van der Waals surface area contributed by atoms with Crippen LogP contribution < -0.4 is 14.2 Å². The predicted molar refractivity (Wildman–Crippen MR) is 125 cm³/mol. The van der Waals surface area contributed by atoms with Gasteiger partial charge in [0.15, 0.2) is 0 Å². The lowest BCUT2D eigenvalue weighted by Crippen LogP contribution is -2.19. The maximum absolute atomic E-state index is 9.51. The minimum absolute atomic E-state index is 0.369. The van der Waals surface area contributed by atoms with Gasteiger partial charge in [0.05, 0.1) is 31.4 Å². The Labute approximate surface area is 189 Å². The first-order valence-electron chi connectivity index (χ1n) is 10.9. The molecule has 1 fully saturated rings. The molecule has 0 spiro atoms. The highest BCUT2D eigenvalue weighted by Crippen LogP contribution is 2.36. The average molecular weight is 429 g/mol. The second kappa shape index (κ2) is 10.2. The molecule has 1 aliphatic rings. The molecule has 1 heterocycles. The van der Waals surface area contributed by atoms with Crippen molar-refractivity contribution in [2.24, 2.45) is 0 Å². The molecular weight excluding hydrogens is 400 g/mol. The number of rotatable bonds is 8. The summed E-state index contributed by atoms with van der Waals surface area (Å²) < 4.78 is 17.6. The van der Waals surface area contributed by atoms with Crippen molar-refractivity contribution in [3.63, 3.8) is 0 Å². The molecule has 0 saturated carbocycles. The fourth-order valence-corrected chi connectivity index (χ4v) is 4.25. The maximum atomic E-state index is 9.51. The molecule has 32 heavy (non-hydrogen) atoms. The van der Waals surface area contributed by atoms with Crippen LogP contribution in [0.25, 0.3) is 11.1 Å². The Bertz CT molecular complexity index is 1090. The van der Waals surface area contributed by atoms with Crippen LogP contribution in [0.15, 0.2) is 60.7 Å². The summed E-state index contributed by atoms with van der Waals surface area (Å²) >= 11 is 0. The highest BCUT2D eigenvalue weighted by Gasteiger charge is 2.19. The zero-order valence-electron chi connectivity index (χ0n) is 18.6. The molecular formula is C27H28N2O3. The molecule has 0 radical (unpaired) electrons. The van der Waals surface area contributed by atoms with Crippen molar-refractivity contribution >= 4 is 0 Å². The van der Waals surface area contributed by atoms with Gasteiger partial charge in [-0.2, -0.15) is 5.26 Å². The van der Waals surface area contributed by atoms with Crippen LogP contribution in [0.4, 0.5) is 0 Å². The van der Waals surface area contributed by atoms with E-state index in [4.69, 9.17) is 14.2 Å². The molecule has 4 rings (SSSR count). The Morgan fingerprint density at radius 1 is 0.875 bits per heavy atom. The molecule has 3 aromatic rings. The lowest BCUT2D eigenvalue weighted by molar-refractivity contribution is 0.291. The first kappa shape index (κ1) is 21.7. The van der Waals surface area contributed by atoms with Crippen molar-refractivity contribution in [1.82, 2.24) is 4.90 Å². The summed E-state index contributed by atoms with van der Waals surface area (Å²) in [6.45, 7) is 3.38. The largest absolute Gasteiger partial charge is 0.496 e. The number of nitrogens with zero attached hydrogens (tertiary/aromatic N) is 2. The van der Waals surface area contributed by atoms with Gasteiger partial charge in [-0.1, -0.05) is 42.5 Å². The van der Waals surface area contributed by atoms with Gasteiger partial charge in [-0.3, -0.25) is 4.90 Å². The number of hydrogen-bond donors (Lipinski definition) is 0. The van der Waals surface area contributed by atoms with E-state index in [9.17, 15) is 5.26 Å². The molecule has 164 valence electrons. The SMILES string of the molecule is COc1cc(OCc2ccccc2-c2ccccc2C#N)cc(OC)c1CN1CCCC1. The standard InChI is InChI=1S/C27H28N2O3/c1-30-26-15-22(16-27(31-2)25(26)18-29-13-7-8-14-29)32-19-21-10-4-6-12-24(21)23-11-5-3-9-20(23)17-28/h3-6,9-12,15-16H,7-8,13-14,18-19H2,1-2H3. The van der Waals surface area contributed by atoms with E-state index in [0.717, 1.165) is 53.4 Å². The van der Waals surface area contributed by atoms with Gasteiger partial charge in [0.1, 0.15) is 23.9 Å². The average Bonchev–Trinajstić information content (AvgIpc) is 3.36. The van der Waals surface area contributed by atoms with Gasteiger partial charge in [-0.05, 0) is 48.7 Å². The second-order valence-corrected chi connectivity index (χ2v) is 7.89. The van der Waals surface area contributed by atoms with E-state index in [1.54, 1.807) is 14.2 Å². The van der Waals surface area contributed by atoms with Crippen molar-refractivity contribution in [1.29, 1.82) is 5.26 Å². The minimum atomic E-state index is 0.369. The third-order valence-corrected chi connectivity index (χ3v) is 5.91. The summed E-state index contributed by atoms with van der Waals surface area (Å²) in [5.41, 5.74) is 4.61. The Balaban J connectivity index is 1.59. The summed E-state index contributed by atoms with van der Waals surface area (Å²) in [7, 11) is 3.36. The van der Waals surface area contributed by atoms with E-state index >= 15 is 0 Å². The van der Waals surface area contributed by atoms with Crippen LogP contribution in [0.3, 0.4) is 0 Å². The van der Waals surface area contributed by atoms with E-state index in [2.05, 4.69) is 11.0 Å². The Hall–Kier alpha value is -3.49. The van der Waals surface area contributed by atoms with Crippen molar-refractivity contribution < 1.29 is 14.2 Å². The van der Waals surface area contributed by atoms with E-state index in [0.29, 0.717) is 17.9 Å². The summed E-state index contributed by atoms with van der Waals surface area (Å²) in [4.78, 5) is 2.42. The van der Waals surface area contributed by atoms with Crippen molar-refractivity contribution in [3.05, 3.63) is 77.4 Å². The number of ether oxygens (including phenoxy) is 3. The molecule has 0 amide bonds. The zero-order chi connectivity index (χ0) is 22.3. The van der Waals surface area contributed by atoms with Gasteiger partial charge < -0.3 is 14.2 Å². The van der Waals surface area contributed by atoms with Crippen LogP contribution in [0, 0.1) is 11.3 Å². The van der Waals surface area contributed by atoms with Gasteiger partial charge in [0.25, 0.3) is 0 Å².